The summed E-state index contributed by atoms with van der Waals surface area (Å²) in [6.45, 7) is 8.12. The van der Waals surface area contributed by atoms with Gasteiger partial charge in [-0.25, -0.2) is 0 Å². The topological polar surface area (TPSA) is 31.0 Å². The van der Waals surface area contributed by atoms with Crippen LogP contribution in [0.15, 0.2) is 11.9 Å². The maximum atomic E-state index is 6.04. The molecule has 5 heteroatoms. The van der Waals surface area contributed by atoms with Gasteiger partial charge in [0.1, 0.15) is 0 Å². The van der Waals surface area contributed by atoms with Crippen LogP contribution in [-0.4, -0.2) is 74.0 Å². The van der Waals surface area contributed by atoms with Crippen LogP contribution in [0, 0.1) is 0 Å². The minimum atomic E-state index is 0.0242. The highest BCUT2D eigenvalue weighted by Gasteiger charge is 2.24. The zero-order chi connectivity index (χ0) is 15.9. The lowest BCUT2D eigenvalue weighted by atomic mass is 10.1. The molecule has 1 N–H and O–H groups in total. The Kier molecular flexibility index (Phi) is 6.60. The molecule has 1 unspecified atom stereocenters. The Morgan fingerprint density at radius 1 is 1.00 bits per heavy atom. The van der Waals surface area contributed by atoms with Gasteiger partial charge in [-0.2, -0.15) is 0 Å². The molecule has 0 saturated carbocycles. The van der Waals surface area contributed by atoms with Gasteiger partial charge >= 0.3 is 0 Å². The number of likely N-dealkylation sites (N-methyl/N-ethyl adjacent to an activating group) is 1. The number of hydrogen-bond donors (Lipinski definition) is 1. The molecule has 0 aromatic carbocycles. The molecule has 0 aliphatic carbocycles. The predicted octanol–water partition coefficient (Wildman–Crippen LogP) is 2.02. The Morgan fingerprint density at radius 2 is 1.65 bits per heavy atom. The molecule has 2 saturated heterocycles. The van der Waals surface area contributed by atoms with E-state index in [9.17, 15) is 0 Å². The van der Waals surface area contributed by atoms with Gasteiger partial charge in [0.05, 0.1) is 6.61 Å². The zero-order valence-electron chi connectivity index (χ0n) is 14.8. The monoisotopic (exact) mass is 322 g/mol. The van der Waals surface area contributed by atoms with E-state index in [1.807, 2.05) is 0 Å². The van der Waals surface area contributed by atoms with Crippen molar-refractivity contribution >= 4 is 0 Å². The highest BCUT2D eigenvalue weighted by atomic mass is 16.5. The van der Waals surface area contributed by atoms with Crippen molar-refractivity contribution < 1.29 is 4.74 Å². The normalized spacial score (nSPS) is 27.1. The third kappa shape index (κ3) is 5.10. The van der Waals surface area contributed by atoms with Gasteiger partial charge in [-0.15, -0.1) is 0 Å². The third-order valence-corrected chi connectivity index (χ3v) is 5.37. The molecule has 3 aliphatic rings. The number of piperidine rings is 2. The van der Waals surface area contributed by atoms with Crippen LogP contribution in [0.1, 0.15) is 44.9 Å². The van der Waals surface area contributed by atoms with E-state index in [0.29, 0.717) is 0 Å². The lowest BCUT2D eigenvalue weighted by Crippen LogP contribution is -2.40. The van der Waals surface area contributed by atoms with E-state index in [0.717, 1.165) is 19.6 Å². The first-order chi connectivity index (χ1) is 11.3. The number of likely N-dealkylation sites (tertiary alicyclic amines) is 2. The van der Waals surface area contributed by atoms with Gasteiger partial charge in [-0.05, 0) is 58.3 Å². The van der Waals surface area contributed by atoms with Crippen LogP contribution in [0.5, 0.6) is 0 Å². The minimum absolute atomic E-state index is 0.0242. The van der Waals surface area contributed by atoms with Crippen molar-refractivity contribution in [1.82, 2.24) is 20.0 Å². The van der Waals surface area contributed by atoms with E-state index in [-0.39, 0.29) is 6.35 Å². The van der Waals surface area contributed by atoms with Crippen molar-refractivity contribution in [3.63, 3.8) is 0 Å². The van der Waals surface area contributed by atoms with Crippen molar-refractivity contribution in [2.45, 2.75) is 51.3 Å². The standard InChI is InChI=1S/C18H34N4O/c1-20-17(16-22-11-6-3-7-12-22)15-19-18(20)23-14-8-13-21-9-4-2-5-10-21/h15,18-19H,2-14,16H2,1H3. The Balaban J connectivity index is 1.30. The number of nitrogens with zero attached hydrogens (tertiary/aromatic N) is 3. The van der Waals surface area contributed by atoms with Gasteiger partial charge in [-0.3, -0.25) is 4.90 Å². The van der Waals surface area contributed by atoms with Crippen LogP contribution in [0.25, 0.3) is 0 Å². The van der Waals surface area contributed by atoms with Crippen molar-refractivity contribution in [3.05, 3.63) is 11.9 Å². The number of hydrogen-bond acceptors (Lipinski definition) is 5. The molecule has 3 aliphatic heterocycles. The smallest absolute Gasteiger partial charge is 0.207 e. The van der Waals surface area contributed by atoms with Crippen molar-refractivity contribution in [3.8, 4) is 0 Å². The zero-order valence-corrected chi connectivity index (χ0v) is 14.8. The number of ether oxygens (including phenoxy) is 1. The predicted molar refractivity (Wildman–Crippen MR) is 93.9 cm³/mol. The van der Waals surface area contributed by atoms with Crippen LogP contribution in [0.2, 0.25) is 0 Å². The molecule has 0 amide bonds. The second-order valence-electron chi connectivity index (χ2n) is 7.23. The molecule has 1 atom stereocenters. The maximum absolute atomic E-state index is 6.04. The summed E-state index contributed by atoms with van der Waals surface area (Å²) < 4.78 is 6.04. The second kappa shape index (κ2) is 8.90. The first-order valence-corrected chi connectivity index (χ1v) is 9.57. The van der Waals surface area contributed by atoms with Gasteiger partial charge in [0.2, 0.25) is 6.35 Å². The minimum Gasteiger partial charge on any atom is -0.347 e. The van der Waals surface area contributed by atoms with E-state index < -0.39 is 0 Å². The highest BCUT2D eigenvalue weighted by Crippen LogP contribution is 2.17. The molecule has 23 heavy (non-hydrogen) atoms. The molecule has 0 aromatic rings. The molecule has 0 aromatic heterocycles. The van der Waals surface area contributed by atoms with E-state index in [2.05, 4.69) is 33.3 Å². The molecule has 0 bridgehead atoms. The first-order valence-electron chi connectivity index (χ1n) is 9.57. The van der Waals surface area contributed by atoms with Crippen LogP contribution in [-0.2, 0) is 4.74 Å². The van der Waals surface area contributed by atoms with E-state index in [1.165, 1.54) is 76.9 Å². The molecule has 3 rings (SSSR count). The maximum Gasteiger partial charge on any atom is 0.207 e. The van der Waals surface area contributed by atoms with Crippen molar-refractivity contribution in [2.24, 2.45) is 0 Å². The van der Waals surface area contributed by atoms with E-state index in [1.54, 1.807) is 0 Å². The largest absolute Gasteiger partial charge is 0.347 e. The summed E-state index contributed by atoms with van der Waals surface area (Å²) in [5, 5.41) is 3.39. The SMILES string of the molecule is CN1C(CN2CCCCC2)=CNC1OCCCN1CCCCC1. The summed E-state index contributed by atoms with van der Waals surface area (Å²) >= 11 is 0. The van der Waals surface area contributed by atoms with Gasteiger partial charge in [0.15, 0.2) is 0 Å². The highest BCUT2D eigenvalue weighted by molar-refractivity contribution is 5.08. The van der Waals surface area contributed by atoms with Gasteiger partial charge < -0.3 is 19.9 Å². The molecular formula is C18H34N4O. The van der Waals surface area contributed by atoms with Crippen LogP contribution >= 0.6 is 0 Å². The van der Waals surface area contributed by atoms with Gasteiger partial charge in [-0.1, -0.05) is 12.8 Å². The summed E-state index contributed by atoms with van der Waals surface area (Å²) in [6, 6.07) is 0. The summed E-state index contributed by atoms with van der Waals surface area (Å²) in [5.74, 6) is 0. The molecule has 2 fully saturated rings. The molecular weight excluding hydrogens is 288 g/mol. The summed E-state index contributed by atoms with van der Waals surface area (Å²) in [4.78, 5) is 7.40. The molecule has 132 valence electrons. The van der Waals surface area contributed by atoms with Crippen LogP contribution in [0.3, 0.4) is 0 Å². The average Bonchev–Trinajstić information content (AvgIpc) is 2.94. The fourth-order valence-electron chi connectivity index (χ4n) is 3.86. The Hall–Kier alpha value is -0.780. The Morgan fingerprint density at radius 3 is 2.35 bits per heavy atom. The third-order valence-electron chi connectivity index (χ3n) is 5.37. The quantitative estimate of drug-likeness (QED) is 0.725. The average molecular weight is 322 g/mol. The first kappa shape index (κ1) is 17.1. The molecule has 3 heterocycles. The fraction of sp³-hybridized carbons (Fsp3) is 0.889. The van der Waals surface area contributed by atoms with Crippen LogP contribution < -0.4 is 5.32 Å². The van der Waals surface area contributed by atoms with Crippen LogP contribution in [0.4, 0.5) is 0 Å². The molecule has 5 nitrogen and oxygen atoms in total. The van der Waals surface area contributed by atoms with Gasteiger partial charge in [0.25, 0.3) is 0 Å². The Bertz CT molecular complexity index is 375. The molecule has 0 radical (unpaired) electrons. The lowest BCUT2D eigenvalue weighted by molar-refractivity contribution is -0.0389. The number of nitrogens with one attached hydrogen (secondary N) is 1. The summed E-state index contributed by atoms with van der Waals surface area (Å²) in [5.41, 5.74) is 1.35. The van der Waals surface area contributed by atoms with Crippen molar-refractivity contribution in [2.75, 3.05) is 52.9 Å². The second-order valence-corrected chi connectivity index (χ2v) is 7.23. The molecule has 0 spiro atoms. The summed E-state index contributed by atoms with van der Waals surface area (Å²) in [6.07, 6.45) is 11.5. The fourth-order valence-corrected chi connectivity index (χ4v) is 3.86. The summed E-state index contributed by atoms with van der Waals surface area (Å²) in [7, 11) is 2.14. The van der Waals surface area contributed by atoms with E-state index in [4.69, 9.17) is 4.74 Å². The Labute approximate surface area is 141 Å². The van der Waals surface area contributed by atoms with Gasteiger partial charge in [0, 0.05) is 32.0 Å². The van der Waals surface area contributed by atoms with E-state index >= 15 is 0 Å². The lowest BCUT2D eigenvalue weighted by Gasteiger charge is -2.31. The number of rotatable bonds is 7. The van der Waals surface area contributed by atoms with Crippen molar-refractivity contribution in [1.29, 1.82) is 0 Å².